The van der Waals surface area contributed by atoms with Crippen molar-refractivity contribution in [1.29, 1.82) is 0 Å². The Balaban J connectivity index is 1.79. The molecule has 1 aromatic heterocycles. The fraction of sp³-hybridized carbons (Fsp3) is 0.522. The van der Waals surface area contributed by atoms with Crippen LogP contribution in [0.25, 0.3) is 0 Å². The zero-order chi connectivity index (χ0) is 23.3. The maximum atomic E-state index is 13.1. The minimum atomic E-state index is -3.73. The summed E-state index contributed by atoms with van der Waals surface area (Å²) in [4.78, 5) is 16.6. The second kappa shape index (κ2) is 10.8. The van der Waals surface area contributed by atoms with Crippen LogP contribution in [-0.2, 0) is 21.2 Å². The van der Waals surface area contributed by atoms with E-state index in [1.165, 1.54) is 20.8 Å². The number of carbonyl (C=O) groups is 1. The van der Waals surface area contributed by atoms with Crippen LogP contribution in [0.5, 0.6) is 5.75 Å². The van der Waals surface area contributed by atoms with Crippen LogP contribution in [-0.4, -0.2) is 56.3 Å². The number of nitrogens with one attached hydrogen (secondary N) is 1. The third-order valence-corrected chi connectivity index (χ3v) is 8.86. The van der Waals surface area contributed by atoms with Crippen LogP contribution in [0.1, 0.15) is 50.6 Å². The molecule has 3 rings (SSSR count). The first-order chi connectivity index (χ1) is 15.3. The summed E-state index contributed by atoms with van der Waals surface area (Å²) in [7, 11) is -3.73. The van der Waals surface area contributed by atoms with Gasteiger partial charge in [-0.05, 0) is 55.0 Å². The third kappa shape index (κ3) is 5.17. The highest BCUT2D eigenvalue weighted by Crippen LogP contribution is 2.35. The van der Waals surface area contributed by atoms with Crippen LogP contribution < -0.4 is 10.1 Å². The van der Waals surface area contributed by atoms with E-state index in [2.05, 4.69) is 28.6 Å². The van der Waals surface area contributed by atoms with Crippen molar-refractivity contribution < 1.29 is 17.9 Å². The van der Waals surface area contributed by atoms with Gasteiger partial charge in [-0.25, -0.2) is 8.42 Å². The smallest absolute Gasteiger partial charge is 0.246 e. The Bertz CT molecular complexity index is 1030. The molecule has 1 unspecified atom stereocenters. The first-order valence-corrected chi connectivity index (χ1v) is 13.5. The maximum absolute atomic E-state index is 13.1. The predicted octanol–water partition coefficient (Wildman–Crippen LogP) is 4.13. The van der Waals surface area contributed by atoms with Gasteiger partial charge in [0.25, 0.3) is 0 Å². The van der Waals surface area contributed by atoms with Gasteiger partial charge in [0.15, 0.2) is 0 Å². The Morgan fingerprint density at radius 3 is 2.62 bits per heavy atom. The molecule has 1 amide bonds. The minimum absolute atomic E-state index is 0.0770. The number of amides is 1. The summed E-state index contributed by atoms with van der Waals surface area (Å²) < 4.78 is 33.2. The number of sulfonamides is 1. The lowest BCUT2D eigenvalue weighted by molar-refractivity contribution is -0.118. The number of hydrogen-bond acceptors (Lipinski definition) is 6. The lowest BCUT2D eigenvalue weighted by Gasteiger charge is -2.34. The molecule has 9 heteroatoms. The van der Waals surface area contributed by atoms with Crippen molar-refractivity contribution in [2.75, 3.05) is 38.1 Å². The Morgan fingerprint density at radius 2 is 1.97 bits per heavy atom. The van der Waals surface area contributed by atoms with E-state index in [-0.39, 0.29) is 23.4 Å². The number of rotatable bonds is 10. The average Bonchev–Trinajstić information content (AvgIpc) is 3.24. The zero-order valence-corrected chi connectivity index (χ0v) is 20.9. The SMILES string of the molecule is CCOc1ccc(NC(=O)CN2CCc3sccc3C2CC)cc1S(=O)(=O)N(CC)CC. The van der Waals surface area contributed by atoms with Gasteiger partial charge in [-0.15, -0.1) is 11.3 Å². The molecule has 7 nitrogen and oxygen atoms in total. The number of nitrogens with zero attached hydrogens (tertiary/aromatic N) is 2. The van der Waals surface area contributed by atoms with E-state index in [0.29, 0.717) is 31.1 Å². The molecule has 1 aliphatic heterocycles. The van der Waals surface area contributed by atoms with E-state index in [9.17, 15) is 13.2 Å². The molecule has 0 saturated heterocycles. The van der Waals surface area contributed by atoms with Crippen LogP contribution in [0.4, 0.5) is 5.69 Å². The third-order valence-electron chi connectivity index (χ3n) is 5.79. The molecular weight excluding hydrogens is 446 g/mol. The van der Waals surface area contributed by atoms with Gasteiger partial charge in [-0.1, -0.05) is 20.8 Å². The molecule has 0 aliphatic carbocycles. The molecule has 1 atom stereocenters. The van der Waals surface area contributed by atoms with E-state index in [1.54, 1.807) is 37.3 Å². The molecule has 1 aromatic carbocycles. The molecule has 0 radical (unpaired) electrons. The Labute approximate surface area is 195 Å². The summed E-state index contributed by atoms with van der Waals surface area (Å²) in [6, 6.07) is 7.20. The average molecular weight is 480 g/mol. The van der Waals surface area contributed by atoms with E-state index < -0.39 is 10.0 Å². The number of ether oxygens (including phenoxy) is 1. The molecule has 0 fully saturated rings. The number of anilines is 1. The van der Waals surface area contributed by atoms with Crippen molar-refractivity contribution >= 4 is 33.0 Å². The second-order valence-corrected chi connectivity index (χ2v) is 10.6. The van der Waals surface area contributed by atoms with Crippen molar-refractivity contribution in [3.63, 3.8) is 0 Å². The first-order valence-electron chi connectivity index (χ1n) is 11.2. The van der Waals surface area contributed by atoms with Crippen LogP contribution in [0.3, 0.4) is 0 Å². The topological polar surface area (TPSA) is 79.0 Å². The standard InChI is InChI=1S/C23H33N3O4S2/c1-5-19-18-12-14-31-21(18)11-13-25(19)16-23(27)24-17-9-10-20(30-8-4)22(15-17)32(28,29)26(6-2)7-3/h9-10,12,14-15,19H,5-8,11,13,16H2,1-4H3,(H,24,27). The molecule has 0 bridgehead atoms. The van der Waals surface area contributed by atoms with Crippen molar-refractivity contribution in [3.05, 3.63) is 40.1 Å². The molecule has 176 valence electrons. The van der Waals surface area contributed by atoms with Gasteiger partial charge >= 0.3 is 0 Å². The summed E-state index contributed by atoms with van der Waals surface area (Å²) in [5.41, 5.74) is 1.77. The number of benzene rings is 1. The van der Waals surface area contributed by atoms with Gasteiger partial charge in [-0.3, -0.25) is 9.69 Å². The molecule has 1 N–H and O–H groups in total. The highest BCUT2D eigenvalue weighted by atomic mass is 32.2. The lowest BCUT2D eigenvalue weighted by atomic mass is 9.98. The summed E-state index contributed by atoms with van der Waals surface area (Å²) in [6.07, 6.45) is 1.89. The Morgan fingerprint density at radius 1 is 1.22 bits per heavy atom. The van der Waals surface area contributed by atoms with Crippen LogP contribution in [0, 0.1) is 0 Å². The fourth-order valence-corrected chi connectivity index (χ4v) is 6.81. The second-order valence-electron chi connectivity index (χ2n) is 7.68. The van der Waals surface area contributed by atoms with Crippen LogP contribution in [0.2, 0.25) is 0 Å². The summed E-state index contributed by atoms with van der Waals surface area (Å²) in [5, 5.41) is 5.01. The van der Waals surface area contributed by atoms with Crippen LogP contribution in [0.15, 0.2) is 34.5 Å². The molecule has 0 spiro atoms. The maximum Gasteiger partial charge on any atom is 0.246 e. The normalized spacial score (nSPS) is 16.7. The van der Waals surface area contributed by atoms with E-state index >= 15 is 0 Å². The summed E-state index contributed by atoms with van der Waals surface area (Å²) in [5.74, 6) is 0.141. The highest BCUT2D eigenvalue weighted by molar-refractivity contribution is 7.89. The number of hydrogen-bond donors (Lipinski definition) is 1. The molecule has 2 aromatic rings. The molecular formula is C23H33N3O4S2. The zero-order valence-electron chi connectivity index (χ0n) is 19.3. The fourth-order valence-electron chi connectivity index (χ4n) is 4.27. The van der Waals surface area contributed by atoms with Crippen molar-refractivity contribution in [2.45, 2.75) is 51.5 Å². The number of thiophene rings is 1. The summed E-state index contributed by atoms with van der Waals surface area (Å²) in [6.45, 7) is 9.72. The largest absolute Gasteiger partial charge is 0.492 e. The lowest BCUT2D eigenvalue weighted by Crippen LogP contribution is -2.40. The summed E-state index contributed by atoms with van der Waals surface area (Å²) >= 11 is 1.78. The van der Waals surface area contributed by atoms with E-state index in [1.807, 2.05) is 6.92 Å². The predicted molar refractivity (Wildman–Crippen MR) is 129 cm³/mol. The first kappa shape index (κ1) is 24.7. The molecule has 2 heterocycles. The molecule has 1 aliphatic rings. The highest BCUT2D eigenvalue weighted by Gasteiger charge is 2.29. The van der Waals surface area contributed by atoms with Crippen molar-refractivity contribution in [2.24, 2.45) is 0 Å². The van der Waals surface area contributed by atoms with Gasteiger partial charge in [-0.2, -0.15) is 4.31 Å². The van der Waals surface area contributed by atoms with Crippen molar-refractivity contribution in [1.82, 2.24) is 9.21 Å². The van der Waals surface area contributed by atoms with Gasteiger partial charge < -0.3 is 10.1 Å². The van der Waals surface area contributed by atoms with Gasteiger partial charge in [0.2, 0.25) is 15.9 Å². The van der Waals surface area contributed by atoms with E-state index in [0.717, 1.165) is 19.4 Å². The molecule has 32 heavy (non-hydrogen) atoms. The van der Waals surface area contributed by atoms with Gasteiger partial charge in [0.1, 0.15) is 10.6 Å². The van der Waals surface area contributed by atoms with Gasteiger partial charge in [0, 0.05) is 36.2 Å². The number of carbonyl (C=O) groups excluding carboxylic acids is 1. The Hall–Kier alpha value is -1.94. The van der Waals surface area contributed by atoms with E-state index in [4.69, 9.17) is 4.74 Å². The Kier molecular flexibility index (Phi) is 8.32. The van der Waals surface area contributed by atoms with Crippen LogP contribution >= 0.6 is 11.3 Å². The minimum Gasteiger partial charge on any atom is -0.492 e. The van der Waals surface area contributed by atoms with Crippen molar-refractivity contribution in [3.8, 4) is 5.75 Å². The number of fused-ring (bicyclic) bond motifs is 1. The van der Waals surface area contributed by atoms with Gasteiger partial charge in [0.05, 0.1) is 13.2 Å². The monoisotopic (exact) mass is 479 g/mol. The molecule has 0 saturated carbocycles. The quantitative estimate of drug-likeness (QED) is 0.554.